The minimum atomic E-state index is -0.442. The molecule has 146 valence electrons. The molecule has 1 heterocycles. The molecule has 1 aromatic heterocycles. The van der Waals surface area contributed by atoms with Gasteiger partial charge in [-0.2, -0.15) is 0 Å². The summed E-state index contributed by atoms with van der Waals surface area (Å²) >= 11 is 1.22. The van der Waals surface area contributed by atoms with Gasteiger partial charge in [0.1, 0.15) is 28.9 Å². The van der Waals surface area contributed by atoms with Gasteiger partial charge in [0.2, 0.25) is 0 Å². The molecule has 0 bridgehead atoms. The van der Waals surface area contributed by atoms with Gasteiger partial charge in [-0.05, 0) is 24.6 Å². The number of halogens is 1. The van der Waals surface area contributed by atoms with E-state index in [1.165, 1.54) is 17.4 Å². The third-order valence-electron chi connectivity index (χ3n) is 3.99. The van der Waals surface area contributed by atoms with Crippen molar-refractivity contribution in [3.05, 3.63) is 70.5 Å². The summed E-state index contributed by atoms with van der Waals surface area (Å²) in [6.07, 6.45) is 0. The maximum Gasteiger partial charge on any atom is 0.270 e. The second-order valence-corrected chi connectivity index (χ2v) is 7.06. The van der Waals surface area contributed by atoms with Crippen LogP contribution < -0.4 is 10.1 Å². The van der Waals surface area contributed by atoms with Crippen molar-refractivity contribution in [1.29, 1.82) is 0 Å². The fourth-order valence-corrected chi connectivity index (χ4v) is 3.41. The zero-order valence-electron chi connectivity index (χ0n) is 15.7. The summed E-state index contributed by atoms with van der Waals surface area (Å²) in [7, 11) is 1.56. The van der Waals surface area contributed by atoms with Crippen molar-refractivity contribution in [2.45, 2.75) is 13.5 Å². The van der Waals surface area contributed by atoms with E-state index < -0.39 is 5.82 Å². The SMILES string of the molecule is COCCNC(=O)c1csc(-c2ccc(OCc3cccc(C)c3)cc2F)n1. The first-order valence-corrected chi connectivity index (χ1v) is 9.65. The van der Waals surface area contributed by atoms with Gasteiger partial charge >= 0.3 is 0 Å². The Morgan fingerprint density at radius 1 is 1.25 bits per heavy atom. The predicted molar refractivity (Wildman–Crippen MR) is 107 cm³/mol. The summed E-state index contributed by atoms with van der Waals surface area (Å²) in [5.74, 6) is -0.308. The van der Waals surface area contributed by atoms with Gasteiger partial charge in [0, 0.05) is 30.7 Å². The lowest BCUT2D eigenvalue weighted by atomic mass is 10.1. The lowest BCUT2D eigenvalue weighted by Crippen LogP contribution is -2.27. The van der Waals surface area contributed by atoms with E-state index in [0.29, 0.717) is 36.1 Å². The highest BCUT2D eigenvalue weighted by molar-refractivity contribution is 7.13. The van der Waals surface area contributed by atoms with E-state index in [1.807, 2.05) is 31.2 Å². The summed E-state index contributed by atoms with van der Waals surface area (Å²) in [6, 6.07) is 12.6. The number of nitrogens with one attached hydrogen (secondary N) is 1. The van der Waals surface area contributed by atoms with Crippen molar-refractivity contribution in [3.63, 3.8) is 0 Å². The van der Waals surface area contributed by atoms with Gasteiger partial charge in [0.05, 0.1) is 6.61 Å². The van der Waals surface area contributed by atoms with Crippen LogP contribution in [0.5, 0.6) is 5.75 Å². The number of carbonyl (C=O) groups is 1. The molecule has 0 aliphatic carbocycles. The largest absolute Gasteiger partial charge is 0.489 e. The van der Waals surface area contributed by atoms with Crippen molar-refractivity contribution in [2.24, 2.45) is 0 Å². The number of benzene rings is 2. The first-order chi connectivity index (χ1) is 13.6. The minimum Gasteiger partial charge on any atom is -0.489 e. The number of hydrogen-bond donors (Lipinski definition) is 1. The van der Waals surface area contributed by atoms with Gasteiger partial charge in [-0.3, -0.25) is 4.79 Å². The van der Waals surface area contributed by atoms with Gasteiger partial charge in [-0.1, -0.05) is 29.8 Å². The Kier molecular flexibility index (Phi) is 6.73. The van der Waals surface area contributed by atoms with Crippen LogP contribution in [0.1, 0.15) is 21.6 Å². The van der Waals surface area contributed by atoms with Gasteiger partial charge in [0.15, 0.2) is 0 Å². The topological polar surface area (TPSA) is 60.5 Å². The molecule has 3 aromatic rings. The molecular weight excluding hydrogens is 379 g/mol. The van der Waals surface area contributed by atoms with Crippen LogP contribution in [-0.4, -0.2) is 31.2 Å². The fourth-order valence-electron chi connectivity index (χ4n) is 2.59. The zero-order valence-corrected chi connectivity index (χ0v) is 16.5. The maximum absolute atomic E-state index is 14.6. The predicted octanol–water partition coefficient (Wildman–Crippen LogP) is 4.21. The van der Waals surface area contributed by atoms with E-state index in [9.17, 15) is 9.18 Å². The monoisotopic (exact) mass is 400 g/mol. The van der Waals surface area contributed by atoms with Crippen LogP contribution in [0, 0.1) is 12.7 Å². The van der Waals surface area contributed by atoms with Gasteiger partial charge in [-0.15, -0.1) is 11.3 Å². The molecular formula is C21H21FN2O3S. The lowest BCUT2D eigenvalue weighted by molar-refractivity contribution is 0.0933. The number of amides is 1. The average molecular weight is 400 g/mol. The van der Waals surface area contributed by atoms with Crippen LogP contribution in [0.3, 0.4) is 0 Å². The van der Waals surface area contributed by atoms with Crippen molar-refractivity contribution in [3.8, 4) is 16.3 Å². The minimum absolute atomic E-state index is 0.260. The van der Waals surface area contributed by atoms with E-state index in [-0.39, 0.29) is 11.6 Å². The highest BCUT2D eigenvalue weighted by Crippen LogP contribution is 2.29. The van der Waals surface area contributed by atoms with E-state index in [2.05, 4.69) is 10.3 Å². The molecule has 0 atom stereocenters. The average Bonchev–Trinajstić information content (AvgIpc) is 3.16. The highest BCUT2D eigenvalue weighted by Gasteiger charge is 2.15. The third-order valence-corrected chi connectivity index (χ3v) is 4.86. The number of ether oxygens (including phenoxy) is 2. The van der Waals surface area contributed by atoms with Crippen LogP contribution in [0.15, 0.2) is 47.8 Å². The molecule has 0 saturated carbocycles. The second-order valence-electron chi connectivity index (χ2n) is 6.21. The Bertz CT molecular complexity index is 958. The molecule has 0 aliphatic rings. The van der Waals surface area contributed by atoms with Crippen molar-refractivity contribution in [2.75, 3.05) is 20.3 Å². The molecule has 3 rings (SSSR count). The smallest absolute Gasteiger partial charge is 0.270 e. The standard InChI is InChI=1S/C21H21FN2O3S/c1-14-4-3-5-15(10-14)12-27-16-6-7-17(18(22)11-16)21-24-19(13-28-21)20(25)23-8-9-26-2/h3-7,10-11,13H,8-9,12H2,1-2H3,(H,23,25). The number of methoxy groups -OCH3 is 1. The van der Waals surface area contributed by atoms with Crippen molar-refractivity contribution < 1.29 is 18.7 Å². The molecule has 0 radical (unpaired) electrons. The molecule has 2 aromatic carbocycles. The molecule has 5 nitrogen and oxygen atoms in total. The molecule has 7 heteroatoms. The van der Waals surface area contributed by atoms with E-state index >= 15 is 0 Å². The summed E-state index contributed by atoms with van der Waals surface area (Å²) in [4.78, 5) is 16.2. The van der Waals surface area contributed by atoms with E-state index in [1.54, 1.807) is 24.6 Å². The second kappa shape index (κ2) is 9.43. The summed E-state index contributed by atoms with van der Waals surface area (Å²) in [5, 5.41) is 4.75. The zero-order chi connectivity index (χ0) is 19.9. The van der Waals surface area contributed by atoms with Crippen molar-refractivity contribution >= 4 is 17.2 Å². The molecule has 1 N–H and O–H groups in total. The number of hydrogen-bond acceptors (Lipinski definition) is 5. The fraction of sp³-hybridized carbons (Fsp3) is 0.238. The van der Waals surface area contributed by atoms with Crippen molar-refractivity contribution in [1.82, 2.24) is 10.3 Å². The summed E-state index contributed by atoms with van der Waals surface area (Å²) in [5.41, 5.74) is 2.76. The summed E-state index contributed by atoms with van der Waals surface area (Å²) < 4.78 is 25.1. The van der Waals surface area contributed by atoms with Gasteiger partial charge in [-0.25, -0.2) is 9.37 Å². The van der Waals surface area contributed by atoms with E-state index in [0.717, 1.165) is 11.1 Å². The molecule has 0 saturated heterocycles. The van der Waals surface area contributed by atoms with Crippen LogP contribution in [0.4, 0.5) is 4.39 Å². The number of aromatic nitrogens is 1. The molecule has 28 heavy (non-hydrogen) atoms. The number of nitrogens with zero attached hydrogens (tertiary/aromatic N) is 1. The Morgan fingerprint density at radius 3 is 2.86 bits per heavy atom. The molecule has 0 fully saturated rings. The first-order valence-electron chi connectivity index (χ1n) is 8.78. The number of rotatable bonds is 8. The number of thiazole rings is 1. The number of carbonyl (C=O) groups excluding carboxylic acids is 1. The van der Waals surface area contributed by atoms with Crippen LogP contribution in [0.25, 0.3) is 10.6 Å². The lowest BCUT2D eigenvalue weighted by Gasteiger charge is -2.08. The Hall–Kier alpha value is -2.77. The van der Waals surface area contributed by atoms with Crippen LogP contribution in [0.2, 0.25) is 0 Å². The van der Waals surface area contributed by atoms with Crippen LogP contribution in [-0.2, 0) is 11.3 Å². The molecule has 0 spiro atoms. The molecule has 1 amide bonds. The van der Waals surface area contributed by atoms with Gasteiger partial charge < -0.3 is 14.8 Å². The molecule has 0 aliphatic heterocycles. The quantitative estimate of drug-likeness (QED) is 0.576. The van der Waals surface area contributed by atoms with Crippen LogP contribution >= 0.6 is 11.3 Å². The van der Waals surface area contributed by atoms with Gasteiger partial charge in [0.25, 0.3) is 5.91 Å². The highest BCUT2D eigenvalue weighted by atomic mass is 32.1. The third kappa shape index (κ3) is 5.15. The Balaban J connectivity index is 1.66. The maximum atomic E-state index is 14.6. The summed E-state index contributed by atoms with van der Waals surface area (Å²) in [6.45, 7) is 3.19. The molecule has 0 unspecified atom stereocenters. The first kappa shape index (κ1) is 20.0. The Labute approximate surface area is 167 Å². The van der Waals surface area contributed by atoms with E-state index in [4.69, 9.17) is 9.47 Å². The Morgan fingerprint density at radius 2 is 2.11 bits per heavy atom. The normalized spacial score (nSPS) is 10.7. The number of aryl methyl sites for hydroxylation is 1.